The first kappa shape index (κ1) is 31.2. The van der Waals surface area contributed by atoms with Gasteiger partial charge in [0.2, 0.25) is 0 Å². The molecule has 0 bridgehead atoms. The number of nitrogens with one attached hydrogen (secondary N) is 2. The van der Waals surface area contributed by atoms with Crippen molar-refractivity contribution in [1.29, 1.82) is 0 Å². The maximum atomic E-state index is 14.0. The Balaban J connectivity index is 1.19. The van der Waals surface area contributed by atoms with E-state index < -0.39 is 29.6 Å². The lowest BCUT2D eigenvalue weighted by molar-refractivity contribution is -0.140. The van der Waals surface area contributed by atoms with Crippen LogP contribution in [0.15, 0.2) is 54.7 Å². The molecule has 0 aliphatic carbocycles. The molecule has 13 heteroatoms. The molecular weight excluding hydrogens is 601 g/mol. The zero-order valence-electron chi connectivity index (χ0n) is 25.7. The van der Waals surface area contributed by atoms with Crippen LogP contribution in [0.2, 0.25) is 0 Å². The molecule has 2 aliphatic rings. The number of imidazole rings is 2. The Morgan fingerprint density at radius 2 is 1.37 bits per heavy atom. The number of H-pyrrole nitrogens is 2. The Kier molecular flexibility index (Phi) is 8.03. The number of rotatable bonds is 5. The molecule has 2 aromatic heterocycles. The number of carbonyl (C=O) groups excluding carboxylic acids is 1. The quantitative estimate of drug-likeness (QED) is 0.204. The summed E-state index contributed by atoms with van der Waals surface area (Å²) in [5.41, 5.74) is 1.78. The van der Waals surface area contributed by atoms with E-state index in [-0.39, 0.29) is 35.8 Å². The van der Waals surface area contributed by atoms with Gasteiger partial charge in [0, 0.05) is 18.7 Å². The number of ether oxygens (including phenoxy) is 1. The van der Waals surface area contributed by atoms with Crippen molar-refractivity contribution < 1.29 is 32.6 Å². The highest BCUT2D eigenvalue weighted by Gasteiger charge is 2.40. The molecule has 6 rings (SSSR count). The SMILES string of the molecule is CC(C)(C)OC(=O)N1CCC[C@H]1c1ncc(-c2ccc(-c3ccc(-c4nc([C@@H]5CCCN5C(=O)O)[nH]c4C(F)(F)F)cc3)cc2)[nH]1. The van der Waals surface area contributed by atoms with E-state index in [0.717, 1.165) is 40.1 Å². The van der Waals surface area contributed by atoms with Gasteiger partial charge in [-0.05, 0) is 63.1 Å². The highest BCUT2D eigenvalue weighted by Crippen LogP contribution is 2.40. The number of hydrogen-bond acceptors (Lipinski definition) is 5. The summed E-state index contributed by atoms with van der Waals surface area (Å²) in [6, 6.07) is 13.4. The van der Waals surface area contributed by atoms with Gasteiger partial charge in [-0.1, -0.05) is 48.5 Å². The summed E-state index contributed by atoms with van der Waals surface area (Å²) in [5, 5.41) is 9.46. The minimum absolute atomic E-state index is 0.00525. The fraction of sp³-hybridized carbons (Fsp3) is 0.394. The third-order valence-electron chi connectivity index (χ3n) is 8.30. The molecular formula is C33H35F3N6O4. The molecule has 3 N–H and O–H groups in total. The first-order valence-electron chi connectivity index (χ1n) is 15.2. The Morgan fingerprint density at radius 3 is 1.93 bits per heavy atom. The predicted molar refractivity (Wildman–Crippen MR) is 164 cm³/mol. The number of aromatic amines is 2. The van der Waals surface area contributed by atoms with E-state index in [1.54, 1.807) is 35.4 Å². The van der Waals surface area contributed by atoms with Crippen LogP contribution in [0.3, 0.4) is 0 Å². The van der Waals surface area contributed by atoms with Crippen LogP contribution in [0, 0.1) is 0 Å². The molecule has 0 unspecified atom stereocenters. The molecule has 2 aromatic carbocycles. The molecule has 0 spiro atoms. The second-order valence-electron chi connectivity index (χ2n) is 12.6. The number of hydrogen-bond donors (Lipinski definition) is 3. The Bertz CT molecular complexity index is 1720. The van der Waals surface area contributed by atoms with E-state index in [1.165, 1.54) is 0 Å². The molecule has 2 fully saturated rings. The second-order valence-corrected chi connectivity index (χ2v) is 12.6. The fourth-order valence-electron chi connectivity index (χ4n) is 6.15. The highest BCUT2D eigenvalue weighted by molar-refractivity contribution is 5.73. The van der Waals surface area contributed by atoms with E-state index >= 15 is 0 Å². The lowest BCUT2D eigenvalue weighted by Crippen LogP contribution is -2.36. The van der Waals surface area contributed by atoms with Crippen LogP contribution >= 0.6 is 0 Å². The van der Waals surface area contributed by atoms with Crippen molar-refractivity contribution in [2.24, 2.45) is 0 Å². The fourth-order valence-corrected chi connectivity index (χ4v) is 6.15. The van der Waals surface area contributed by atoms with Gasteiger partial charge in [0.15, 0.2) is 0 Å². The maximum absolute atomic E-state index is 14.0. The van der Waals surface area contributed by atoms with Crippen molar-refractivity contribution in [3.05, 3.63) is 72.1 Å². The lowest BCUT2D eigenvalue weighted by atomic mass is 10.0. The standard InChI is InChI=1S/C33H35F3N6O4/c1-32(2,3)46-31(45)42-17-5-6-24(42)28-37-18-23(38-28)21-12-8-19(9-13-21)20-10-14-22(15-11-20)26-27(33(34,35)36)40-29(39-26)25-7-4-16-41(25)30(43)44/h8-15,18,24-25H,4-7,16-17H2,1-3H3,(H,37,38)(H,39,40)(H,43,44)/t24-,25-/m0/s1. The molecule has 4 aromatic rings. The van der Waals surface area contributed by atoms with Crippen molar-refractivity contribution in [2.45, 2.75) is 70.3 Å². The summed E-state index contributed by atoms with van der Waals surface area (Å²) >= 11 is 0. The third-order valence-corrected chi connectivity index (χ3v) is 8.30. The molecule has 10 nitrogen and oxygen atoms in total. The van der Waals surface area contributed by atoms with Gasteiger partial charge in [0.1, 0.15) is 28.6 Å². The lowest BCUT2D eigenvalue weighted by Gasteiger charge is -2.27. The largest absolute Gasteiger partial charge is 0.465 e. The summed E-state index contributed by atoms with van der Waals surface area (Å²) in [4.78, 5) is 41.7. The van der Waals surface area contributed by atoms with Gasteiger partial charge in [-0.15, -0.1) is 0 Å². The van der Waals surface area contributed by atoms with E-state index in [2.05, 4.69) is 19.9 Å². The van der Waals surface area contributed by atoms with Gasteiger partial charge in [-0.2, -0.15) is 13.2 Å². The summed E-state index contributed by atoms with van der Waals surface area (Å²) in [6.45, 7) is 6.37. The van der Waals surface area contributed by atoms with Gasteiger partial charge < -0.3 is 19.8 Å². The number of aromatic nitrogens is 4. The highest BCUT2D eigenvalue weighted by atomic mass is 19.4. The summed E-state index contributed by atoms with van der Waals surface area (Å²) in [5.74, 6) is 0.690. The minimum Gasteiger partial charge on any atom is -0.465 e. The molecule has 2 saturated heterocycles. The van der Waals surface area contributed by atoms with Crippen LogP contribution in [-0.2, 0) is 10.9 Å². The zero-order chi connectivity index (χ0) is 32.8. The Morgan fingerprint density at radius 1 is 0.826 bits per heavy atom. The van der Waals surface area contributed by atoms with Crippen molar-refractivity contribution in [3.8, 4) is 33.6 Å². The van der Waals surface area contributed by atoms with E-state index in [1.807, 2.05) is 45.0 Å². The average molecular weight is 637 g/mol. The molecule has 4 heterocycles. The topological polar surface area (TPSA) is 127 Å². The van der Waals surface area contributed by atoms with Crippen LogP contribution in [0.5, 0.6) is 0 Å². The third kappa shape index (κ3) is 6.31. The van der Waals surface area contributed by atoms with Crippen molar-refractivity contribution in [2.75, 3.05) is 13.1 Å². The number of benzene rings is 2. The molecule has 2 atom stereocenters. The number of carbonyl (C=O) groups is 2. The van der Waals surface area contributed by atoms with Crippen LogP contribution in [0.4, 0.5) is 22.8 Å². The molecule has 2 aliphatic heterocycles. The number of halogens is 3. The summed E-state index contributed by atoms with van der Waals surface area (Å²) in [6.07, 6.45) is -1.90. The number of carboxylic acid groups (broad SMARTS) is 1. The van der Waals surface area contributed by atoms with Crippen LogP contribution in [0.25, 0.3) is 33.6 Å². The van der Waals surface area contributed by atoms with Gasteiger partial charge in [-0.3, -0.25) is 9.80 Å². The smallest absolute Gasteiger partial charge is 0.433 e. The molecule has 2 amide bonds. The van der Waals surface area contributed by atoms with E-state index in [9.17, 15) is 27.9 Å². The van der Waals surface area contributed by atoms with Crippen molar-refractivity contribution >= 4 is 12.2 Å². The van der Waals surface area contributed by atoms with Gasteiger partial charge in [0.05, 0.1) is 24.0 Å². The van der Waals surface area contributed by atoms with Crippen molar-refractivity contribution in [3.63, 3.8) is 0 Å². The number of amides is 2. The first-order chi connectivity index (χ1) is 21.8. The van der Waals surface area contributed by atoms with Crippen LogP contribution in [0.1, 0.15) is 75.9 Å². The normalized spacial score (nSPS) is 18.7. The Hall–Kier alpha value is -4.81. The Labute approximate surface area is 263 Å². The molecule has 0 saturated carbocycles. The minimum atomic E-state index is -4.69. The molecule has 242 valence electrons. The second kappa shape index (κ2) is 11.8. The summed E-state index contributed by atoms with van der Waals surface area (Å²) in [7, 11) is 0. The van der Waals surface area contributed by atoms with Gasteiger partial charge >= 0.3 is 18.4 Å². The monoisotopic (exact) mass is 636 g/mol. The van der Waals surface area contributed by atoms with E-state index in [4.69, 9.17) is 4.74 Å². The maximum Gasteiger partial charge on any atom is 0.433 e. The summed E-state index contributed by atoms with van der Waals surface area (Å²) < 4.78 is 47.5. The van der Waals surface area contributed by atoms with E-state index in [0.29, 0.717) is 25.2 Å². The number of nitrogens with zero attached hydrogens (tertiary/aromatic N) is 4. The number of alkyl halides is 3. The predicted octanol–water partition coefficient (Wildman–Crippen LogP) is 8.04. The molecule has 46 heavy (non-hydrogen) atoms. The van der Waals surface area contributed by atoms with Crippen molar-refractivity contribution in [1.82, 2.24) is 29.7 Å². The zero-order valence-corrected chi connectivity index (χ0v) is 25.7. The van der Waals surface area contributed by atoms with Crippen LogP contribution < -0.4 is 0 Å². The molecule has 0 radical (unpaired) electrons. The number of likely N-dealkylation sites (tertiary alicyclic amines) is 2. The van der Waals surface area contributed by atoms with Gasteiger partial charge in [0.25, 0.3) is 0 Å². The first-order valence-corrected chi connectivity index (χ1v) is 15.2. The van der Waals surface area contributed by atoms with Crippen LogP contribution in [-0.4, -0.2) is 65.7 Å². The average Bonchev–Trinajstić information content (AvgIpc) is 3.81. The van der Waals surface area contributed by atoms with Gasteiger partial charge in [-0.25, -0.2) is 19.6 Å².